The molecular weight excluding hydrogens is 287 g/mol. The van der Waals surface area contributed by atoms with Crippen molar-refractivity contribution in [2.75, 3.05) is 11.9 Å². The average molecular weight is 303 g/mol. The molecule has 0 atom stereocenters. The first-order valence-corrected chi connectivity index (χ1v) is 7.04. The summed E-state index contributed by atoms with van der Waals surface area (Å²) in [4.78, 5) is 19.8. The van der Waals surface area contributed by atoms with Crippen LogP contribution in [0.15, 0.2) is 6.33 Å². The Kier molecular flexibility index (Phi) is 4.96. The van der Waals surface area contributed by atoms with Gasteiger partial charge in [-0.2, -0.15) is 0 Å². The summed E-state index contributed by atoms with van der Waals surface area (Å²) in [6.07, 6.45) is 4.92. The molecule has 1 fully saturated rings. The number of nitrogens with two attached hydrogens (primary N) is 1. The van der Waals surface area contributed by atoms with Gasteiger partial charge >= 0.3 is 0 Å². The fraction of sp³-hybridized carbons (Fsp3) is 0.583. The minimum Gasteiger partial charge on any atom is -0.330 e. The van der Waals surface area contributed by atoms with Crippen LogP contribution in [-0.2, 0) is 4.79 Å². The quantitative estimate of drug-likeness (QED) is 0.841. The lowest BCUT2D eigenvalue weighted by Gasteiger charge is -2.26. The van der Waals surface area contributed by atoms with E-state index in [2.05, 4.69) is 15.3 Å². The largest absolute Gasteiger partial charge is 0.330 e. The molecule has 1 amide bonds. The van der Waals surface area contributed by atoms with E-state index in [4.69, 9.17) is 28.9 Å². The van der Waals surface area contributed by atoms with Crippen molar-refractivity contribution in [3.63, 3.8) is 0 Å². The summed E-state index contributed by atoms with van der Waals surface area (Å²) in [5.74, 6) is 0.445. The number of nitrogens with one attached hydrogen (secondary N) is 1. The maximum Gasteiger partial charge on any atom is 0.227 e. The van der Waals surface area contributed by atoms with Gasteiger partial charge in [0.05, 0.1) is 0 Å². The van der Waals surface area contributed by atoms with Crippen LogP contribution in [0.2, 0.25) is 10.3 Å². The number of hydrogen-bond donors (Lipinski definition) is 2. The third kappa shape index (κ3) is 3.55. The van der Waals surface area contributed by atoms with Gasteiger partial charge in [-0.05, 0) is 38.1 Å². The molecule has 0 aromatic carbocycles. The number of carbonyl (C=O) groups excluding carboxylic acids is 1. The summed E-state index contributed by atoms with van der Waals surface area (Å²) >= 11 is 11.8. The molecule has 1 aromatic rings. The molecule has 104 valence electrons. The van der Waals surface area contributed by atoms with E-state index in [9.17, 15) is 4.79 Å². The smallest absolute Gasteiger partial charge is 0.227 e. The second-order valence-corrected chi connectivity index (χ2v) is 5.49. The minimum atomic E-state index is -0.0749. The Morgan fingerprint density at radius 2 is 1.84 bits per heavy atom. The molecular formula is C12H16Cl2N4O. The summed E-state index contributed by atoms with van der Waals surface area (Å²) < 4.78 is 0. The van der Waals surface area contributed by atoms with Crippen LogP contribution in [0.4, 0.5) is 5.69 Å². The number of aromatic nitrogens is 2. The zero-order chi connectivity index (χ0) is 13.8. The van der Waals surface area contributed by atoms with Crippen LogP contribution in [0.1, 0.15) is 25.7 Å². The van der Waals surface area contributed by atoms with Crippen molar-refractivity contribution in [2.45, 2.75) is 25.7 Å². The Morgan fingerprint density at radius 1 is 1.26 bits per heavy atom. The number of anilines is 1. The first kappa shape index (κ1) is 14.5. The van der Waals surface area contributed by atoms with E-state index in [0.29, 0.717) is 12.5 Å². The Hall–Kier alpha value is -0.910. The number of rotatable bonds is 3. The summed E-state index contributed by atoms with van der Waals surface area (Å²) in [5.41, 5.74) is 5.92. The van der Waals surface area contributed by atoms with Gasteiger partial charge in [-0.3, -0.25) is 4.79 Å². The van der Waals surface area contributed by atoms with Crippen molar-refractivity contribution in [3.05, 3.63) is 16.6 Å². The van der Waals surface area contributed by atoms with Gasteiger partial charge in [0.15, 0.2) is 10.3 Å². The van der Waals surface area contributed by atoms with Gasteiger partial charge in [0.25, 0.3) is 0 Å². The van der Waals surface area contributed by atoms with Gasteiger partial charge in [0, 0.05) is 5.92 Å². The highest BCUT2D eigenvalue weighted by Crippen LogP contribution is 2.31. The highest BCUT2D eigenvalue weighted by atomic mass is 35.5. The van der Waals surface area contributed by atoms with Crippen molar-refractivity contribution < 1.29 is 4.79 Å². The van der Waals surface area contributed by atoms with E-state index in [0.717, 1.165) is 25.7 Å². The number of nitrogens with zero attached hydrogens (tertiary/aromatic N) is 2. The minimum absolute atomic E-state index is 0.0184. The molecule has 1 aromatic heterocycles. The Morgan fingerprint density at radius 3 is 2.37 bits per heavy atom. The highest BCUT2D eigenvalue weighted by molar-refractivity contribution is 6.38. The van der Waals surface area contributed by atoms with Crippen LogP contribution in [0.25, 0.3) is 0 Å². The molecule has 0 saturated heterocycles. The second kappa shape index (κ2) is 6.50. The number of hydrogen-bond acceptors (Lipinski definition) is 4. The molecule has 0 unspecified atom stereocenters. The monoisotopic (exact) mass is 302 g/mol. The molecule has 2 rings (SSSR count). The standard InChI is InChI=1S/C12H16Cl2N4O/c13-10-9(11(14)17-6-16-10)18-12(19)8-3-1-7(5-15)2-4-8/h6-8H,1-5,15H2,(H,18,19). The molecule has 1 aliphatic rings. The SMILES string of the molecule is NCC1CCC(C(=O)Nc2c(Cl)ncnc2Cl)CC1. The van der Waals surface area contributed by atoms with Crippen molar-refractivity contribution in [1.82, 2.24) is 9.97 Å². The molecule has 0 radical (unpaired) electrons. The van der Waals surface area contributed by atoms with Crippen molar-refractivity contribution in [1.29, 1.82) is 0 Å². The van der Waals surface area contributed by atoms with E-state index in [1.807, 2.05) is 0 Å². The third-order valence-electron chi connectivity index (χ3n) is 3.55. The van der Waals surface area contributed by atoms with Crippen LogP contribution < -0.4 is 11.1 Å². The molecule has 3 N–H and O–H groups in total. The van der Waals surface area contributed by atoms with Crippen LogP contribution >= 0.6 is 23.2 Å². The van der Waals surface area contributed by atoms with Crippen LogP contribution in [0.3, 0.4) is 0 Å². The zero-order valence-corrected chi connectivity index (χ0v) is 11.9. The normalized spacial score (nSPS) is 23.1. The molecule has 19 heavy (non-hydrogen) atoms. The number of amides is 1. The molecule has 1 heterocycles. The number of carbonyl (C=O) groups is 1. The maximum absolute atomic E-state index is 12.2. The predicted octanol–water partition coefficient (Wildman–Crippen LogP) is 2.49. The molecule has 0 spiro atoms. The van der Waals surface area contributed by atoms with Gasteiger partial charge in [0.2, 0.25) is 5.91 Å². The van der Waals surface area contributed by atoms with Gasteiger partial charge < -0.3 is 11.1 Å². The van der Waals surface area contributed by atoms with E-state index in [-0.39, 0.29) is 27.8 Å². The van der Waals surface area contributed by atoms with E-state index < -0.39 is 0 Å². The van der Waals surface area contributed by atoms with Gasteiger partial charge in [-0.1, -0.05) is 23.2 Å². The van der Waals surface area contributed by atoms with E-state index >= 15 is 0 Å². The molecule has 1 aliphatic carbocycles. The molecule has 5 nitrogen and oxygen atoms in total. The summed E-state index contributed by atoms with van der Waals surface area (Å²) in [5, 5.41) is 3.03. The Bertz CT molecular complexity index is 441. The first-order chi connectivity index (χ1) is 9.11. The fourth-order valence-electron chi connectivity index (χ4n) is 2.33. The third-order valence-corrected chi connectivity index (χ3v) is 4.13. The molecule has 7 heteroatoms. The van der Waals surface area contributed by atoms with Crippen LogP contribution in [-0.4, -0.2) is 22.4 Å². The first-order valence-electron chi connectivity index (χ1n) is 6.28. The predicted molar refractivity (Wildman–Crippen MR) is 75.2 cm³/mol. The van der Waals surface area contributed by atoms with Crippen LogP contribution in [0, 0.1) is 11.8 Å². The second-order valence-electron chi connectivity index (χ2n) is 4.77. The zero-order valence-electron chi connectivity index (χ0n) is 10.4. The van der Waals surface area contributed by atoms with Crippen molar-refractivity contribution in [2.24, 2.45) is 17.6 Å². The van der Waals surface area contributed by atoms with Crippen LogP contribution in [0.5, 0.6) is 0 Å². The Balaban J connectivity index is 1.98. The molecule has 0 bridgehead atoms. The highest BCUT2D eigenvalue weighted by Gasteiger charge is 2.26. The number of halogens is 2. The molecule has 1 saturated carbocycles. The lowest BCUT2D eigenvalue weighted by atomic mass is 9.81. The lowest BCUT2D eigenvalue weighted by molar-refractivity contribution is -0.121. The summed E-state index contributed by atoms with van der Waals surface area (Å²) in [7, 11) is 0. The summed E-state index contributed by atoms with van der Waals surface area (Å²) in [6, 6.07) is 0. The lowest BCUT2D eigenvalue weighted by Crippen LogP contribution is -2.29. The van der Waals surface area contributed by atoms with Crippen molar-refractivity contribution in [3.8, 4) is 0 Å². The van der Waals surface area contributed by atoms with E-state index in [1.54, 1.807) is 0 Å². The maximum atomic E-state index is 12.2. The summed E-state index contributed by atoms with van der Waals surface area (Å²) in [6.45, 7) is 0.693. The van der Waals surface area contributed by atoms with Gasteiger partial charge in [-0.15, -0.1) is 0 Å². The van der Waals surface area contributed by atoms with Crippen molar-refractivity contribution >= 4 is 34.8 Å². The topological polar surface area (TPSA) is 80.9 Å². The van der Waals surface area contributed by atoms with E-state index in [1.165, 1.54) is 6.33 Å². The Labute approximate surface area is 121 Å². The fourth-order valence-corrected chi connectivity index (χ4v) is 2.74. The average Bonchev–Trinajstić information content (AvgIpc) is 2.43. The van der Waals surface area contributed by atoms with Gasteiger partial charge in [-0.25, -0.2) is 9.97 Å². The molecule has 0 aliphatic heterocycles. The van der Waals surface area contributed by atoms with Gasteiger partial charge in [0.1, 0.15) is 12.0 Å².